The largest absolute Gasteiger partial charge is 0.465 e. The number of ether oxygens (including phenoxy) is 2. The first kappa shape index (κ1) is 15.4. The van der Waals surface area contributed by atoms with Gasteiger partial charge in [-0.05, 0) is 44.9 Å². The van der Waals surface area contributed by atoms with Crippen LogP contribution in [0.5, 0.6) is 0 Å². The monoisotopic (exact) mass is 257 g/mol. The van der Waals surface area contributed by atoms with E-state index in [9.17, 15) is 4.79 Å². The van der Waals surface area contributed by atoms with E-state index in [2.05, 4.69) is 13.8 Å². The highest BCUT2D eigenvalue weighted by molar-refractivity contribution is 5.80. The third kappa shape index (κ3) is 4.58. The first-order valence-corrected chi connectivity index (χ1v) is 6.92. The Bertz CT molecular complexity index is 268. The highest BCUT2D eigenvalue weighted by Crippen LogP contribution is 2.30. The molecule has 4 heteroatoms. The summed E-state index contributed by atoms with van der Waals surface area (Å²) in [6.07, 6.45) is 3.60. The zero-order valence-electron chi connectivity index (χ0n) is 12.1. The molecule has 1 saturated carbocycles. The summed E-state index contributed by atoms with van der Waals surface area (Å²) in [7, 11) is 0. The number of esters is 1. The minimum Gasteiger partial charge on any atom is -0.465 e. The quantitative estimate of drug-likeness (QED) is 0.766. The fourth-order valence-corrected chi connectivity index (χ4v) is 2.66. The van der Waals surface area contributed by atoms with Crippen LogP contribution >= 0.6 is 0 Å². The van der Waals surface area contributed by atoms with Gasteiger partial charge in [-0.1, -0.05) is 13.8 Å². The van der Waals surface area contributed by atoms with Gasteiger partial charge < -0.3 is 15.2 Å². The van der Waals surface area contributed by atoms with Crippen LogP contribution in [0.1, 0.15) is 47.0 Å². The summed E-state index contributed by atoms with van der Waals surface area (Å²) in [6, 6.07) is 0. The van der Waals surface area contributed by atoms with E-state index >= 15 is 0 Å². The highest BCUT2D eigenvalue weighted by Gasteiger charge is 2.33. The number of carbonyl (C=O) groups excluding carboxylic acids is 1. The molecule has 3 unspecified atom stereocenters. The van der Waals surface area contributed by atoms with E-state index in [0.717, 1.165) is 12.8 Å². The van der Waals surface area contributed by atoms with Crippen LogP contribution in [-0.4, -0.2) is 30.8 Å². The molecule has 106 valence electrons. The normalized spacial score (nSPS) is 31.7. The number of nitrogens with two attached hydrogens (primary N) is 1. The summed E-state index contributed by atoms with van der Waals surface area (Å²) >= 11 is 0. The van der Waals surface area contributed by atoms with Crippen LogP contribution in [0.4, 0.5) is 0 Å². The number of hydrogen-bond acceptors (Lipinski definition) is 4. The van der Waals surface area contributed by atoms with Gasteiger partial charge in [0.25, 0.3) is 0 Å². The Morgan fingerprint density at radius 3 is 2.33 bits per heavy atom. The molecule has 0 bridgehead atoms. The van der Waals surface area contributed by atoms with Crippen molar-refractivity contribution in [1.82, 2.24) is 0 Å². The molecule has 18 heavy (non-hydrogen) atoms. The maximum atomic E-state index is 11.6. The molecule has 0 aromatic rings. The predicted molar refractivity (Wildman–Crippen MR) is 71.1 cm³/mol. The second-order valence-corrected chi connectivity index (χ2v) is 5.99. The minimum atomic E-state index is -1.04. The van der Waals surface area contributed by atoms with E-state index in [0.29, 0.717) is 18.4 Å². The van der Waals surface area contributed by atoms with Gasteiger partial charge in [0.1, 0.15) is 5.54 Å². The molecule has 1 rings (SSSR count). The van der Waals surface area contributed by atoms with Gasteiger partial charge in [-0.2, -0.15) is 0 Å². The summed E-state index contributed by atoms with van der Waals surface area (Å²) in [6.45, 7) is 8.52. The number of carbonyl (C=O) groups is 1. The van der Waals surface area contributed by atoms with Crippen LogP contribution in [0.25, 0.3) is 0 Å². The maximum Gasteiger partial charge on any atom is 0.328 e. The predicted octanol–water partition coefficient (Wildman–Crippen LogP) is 2.11. The van der Waals surface area contributed by atoms with Crippen molar-refractivity contribution in [2.24, 2.45) is 17.6 Å². The standard InChI is InChI=1S/C14H27NO3/c1-5-17-13(16)14(4,15)9-18-12-7-10(2)6-11(3)8-12/h10-12H,5-9,15H2,1-4H3. The molecule has 1 aliphatic rings. The lowest BCUT2D eigenvalue weighted by atomic mass is 9.82. The summed E-state index contributed by atoms with van der Waals surface area (Å²) in [4.78, 5) is 11.6. The molecule has 0 aromatic carbocycles. The molecular weight excluding hydrogens is 230 g/mol. The van der Waals surface area contributed by atoms with Crippen LogP contribution in [0.2, 0.25) is 0 Å². The van der Waals surface area contributed by atoms with Gasteiger partial charge in [0.05, 0.1) is 19.3 Å². The maximum absolute atomic E-state index is 11.6. The smallest absolute Gasteiger partial charge is 0.328 e. The zero-order valence-corrected chi connectivity index (χ0v) is 12.1. The third-order valence-corrected chi connectivity index (χ3v) is 3.50. The van der Waals surface area contributed by atoms with Gasteiger partial charge in [-0.15, -0.1) is 0 Å². The van der Waals surface area contributed by atoms with Crippen LogP contribution in [0, 0.1) is 11.8 Å². The van der Waals surface area contributed by atoms with Crippen molar-refractivity contribution in [3.63, 3.8) is 0 Å². The van der Waals surface area contributed by atoms with E-state index in [1.54, 1.807) is 13.8 Å². The minimum absolute atomic E-state index is 0.223. The topological polar surface area (TPSA) is 61.5 Å². The van der Waals surface area contributed by atoms with E-state index in [1.807, 2.05) is 0 Å². The lowest BCUT2D eigenvalue weighted by Crippen LogP contribution is -2.51. The third-order valence-electron chi connectivity index (χ3n) is 3.50. The fraction of sp³-hybridized carbons (Fsp3) is 0.929. The van der Waals surface area contributed by atoms with Crippen molar-refractivity contribution in [3.05, 3.63) is 0 Å². The van der Waals surface area contributed by atoms with E-state index < -0.39 is 5.54 Å². The average Bonchev–Trinajstić information content (AvgIpc) is 2.25. The Labute approximate surface area is 110 Å². The molecule has 0 saturated heterocycles. The SMILES string of the molecule is CCOC(=O)C(C)(N)COC1CC(C)CC(C)C1. The van der Waals surface area contributed by atoms with Crippen LogP contribution in [0.3, 0.4) is 0 Å². The number of hydrogen-bond donors (Lipinski definition) is 1. The van der Waals surface area contributed by atoms with Gasteiger partial charge in [0, 0.05) is 0 Å². The van der Waals surface area contributed by atoms with Crippen molar-refractivity contribution < 1.29 is 14.3 Å². The van der Waals surface area contributed by atoms with Gasteiger partial charge in [-0.3, -0.25) is 0 Å². The zero-order chi connectivity index (χ0) is 13.8. The number of rotatable bonds is 5. The lowest BCUT2D eigenvalue weighted by molar-refractivity contribution is -0.152. The Hall–Kier alpha value is -0.610. The molecule has 3 atom stereocenters. The second kappa shape index (κ2) is 6.53. The van der Waals surface area contributed by atoms with Gasteiger partial charge >= 0.3 is 5.97 Å². The van der Waals surface area contributed by atoms with Crippen molar-refractivity contribution in [2.75, 3.05) is 13.2 Å². The Morgan fingerprint density at radius 1 is 1.28 bits per heavy atom. The first-order valence-electron chi connectivity index (χ1n) is 6.92. The molecule has 0 amide bonds. The Balaban J connectivity index is 2.41. The Kier molecular flexibility index (Phi) is 5.60. The summed E-state index contributed by atoms with van der Waals surface area (Å²) in [5.74, 6) is 0.984. The molecule has 0 aromatic heterocycles. The van der Waals surface area contributed by atoms with Crippen molar-refractivity contribution in [3.8, 4) is 0 Å². The molecule has 0 radical (unpaired) electrons. The van der Waals surface area contributed by atoms with Crippen LogP contribution < -0.4 is 5.73 Å². The molecule has 0 spiro atoms. The van der Waals surface area contributed by atoms with E-state index in [-0.39, 0.29) is 18.7 Å². The van der Waals surface area contributed by atoms with E-state index in [4.69, 9.17) is 15.2 Å². The average molecular weight is 257 g/mol. The van der Waals surface area contributed by atoms with Crippen LogP contribution in [0.15, 0.2) is 0 Å². The molecule has 0 heterocycles. The summed E-state index contributed by atoms with van der Waals surface area (Å²) in [5, 5.41) is 0. The van der Waals surface area contributed by atoms with E-state index in [1.165, 1.54) is 6.42 Å². The molecule has 1 fully saturated rings. The van der Waals surface area contributed by atoms with Crippen molar-refractivity contribution in [1.29, 1.82) is 0 Å². The van der Waals surface area contributed by atoms with Crippen LogP contribution in [-0.2, 0) is 14.3 Å². The first-order chi connectivity index (χ1) is 8.35. The molecular formula is C14H27NO3. The summed E-state index contributed by atoms with van der Waals surface area (Å²) < 4.78 is 10.8. The van der Waals surface area contributed by atoms with Gasteiger partial charge in [0.15, 0.2) is 0 Å². The fourth-order valence-electron chi connectivity index (χ4n) is 2.66. The van der Waals surface area contributed by atoms with Crippen molar-refractivity contribution >= 4 is 5.97 Å². The lowest BCUT2D eigenvalue weighted by Gasteiger charge is -2.33. The summed E-state index contributed by atoms with van der Waals surface area (Å²) in [5.41, 5.74) is 4.89. The van der Waals surface area contributed by atoms with Crippen molar-refractivity contribution in [2.45, 2.75) is 58.6 Å². The molecule has 4 nitrogen and oxygen atoms in total. The molecule has 0 aliphatic heterocycles. The Morgan fingerprint density at radius 2 is 1.83 bits per heavy atom. The van der Waals surface area contributed by atoms with Gasteiger partial charge in [-0.25, -0.2) is 4.79 Å². The highest BCUT2D eigenvalue weighted by atomic mass is 16.5. The second-order valence-electron chi connectivity index (χ2n) is 5.99. The molecule has 1 aliphatic carbocycles. The molecule has 2 N–H and O–H groups in total. The van der Waals surface area contributed by atoms with Gasteiger partial charge in [0.2, 0.25) is 0 Å².